The fraction of sp³-hybridized carbons (Fsp3) is 0.250. The van der Waals surface area contributed by atoms with Crippen molar-refractivity contribution in [1.82, 2.24) is 0 Å². The maximum Gasteiger partial charge on any atom is 0.255 e. The summed E-state index contributed by atoms with van der Waals surface area (Å²) in [5, 5.41) is 10.1. The van der Waals surface area contributed by atoms with Gasteiger partial charge < -0.3 is 14.4 Å². The van der Waals surface area contributed by atoms with Gasteiger partial charge in [0.1, 0.15) is 18.0 Å². The Bertz CT molecular complexity index is 516. The number of hydrogen-bond donors (Lipinski definition) is 1. The molecule has 1 aromatic heterocycles. The molecule has 1 atom stereocenters. The number of amides is 1. The molecule has 0 aliphatic rings. The molecule has 2 aromatic rings. The molecule has 1 aromatic carbocycles. The van der Waals surface area contributed by atoms with E-state index >= 15 is 0 Å². The van der Waals surface area contributed by atoms with E-state index in [2.05, 4.69) is 0 Å². The summed E-state index contributed by atoms with van der Waals surface area (Å²) in [6, 6.07) is 7.45. The standard InChI is InChI=1S/C12H13NO3/c1-8(14)12(15)13(2)10-7-16-11-6-4-3-5-9(10)11/h3-8,14H,1-2H3. The second-order valence-electron chi connectivity index (χ2n) is 3.69. The number of fused-ring (bicyclic) bond motifs is 1. The van der Waals surface area contributed by atoms with Crippen LogP contribution < -0.4 is 4.90 Å². The number of hydrogen-bond acceptors (Lipinski definition) is 3. The Kier molecular flexibility index (Phi) is 2.66. The molecule has 2 rings (SSSR count). The topological polar surface area (TPSA) is 53.7 Å². The Morgan fingerprint density at radius 2 is 2.12 bits per heavy atom. The summed E-state index contributed by atoms with van der Waals surface area (Å²) in [7, 11) is 1.62. The normalized spacial score (nSPS) is 12.7. The fourth-order valence-electron chi connectivity index (χ4n) is 1.62. The summed E-state index contributed by atoms with van der Waals surface area (Å²) in [5.41, 5.74) is 1.39. The van der Waals surface area contributed by atoms with Crippen molar-refractivity contribution in [2.24, 2.45) is 0 Å². The van der Waals surface area contributed by atoms with Crippen LogP contribution in [0.3, 0.4) is 0 Å². The van der Waals surface area contributed by atoms with Crippen molar-refractivity contribution < 1.29 is 14.3 Å². The van der Waals surface area contributed by atoms with Crippen LogP contribution >= 0.6 is 0 Å². The van der Waals surface area contributed by atoms with E-state index in [1.165, 1.54) is 18.1 Å². The summed E-state index contributed by atoms with van der Waals surface area (Å²) in [4.78, 5) is 13.0. The van der Waals surface area contributed by atoms with Crippen molar-refractivity contribution >= 4 is 22.6 Å². The molecule has 0 fully saturated rings. The summed E-state index contributed by atoms with van der Waals surface area (Å²) < 4.78 is 5.32. The van der Waals surface area contributed by atoms with Crippen molar-refractivity contribution in [3.8, 4) is 0 Å². The predicted molar refractivity (Wildman–Crippen MR) is 61.3 cm³/mol. The van der Waals surface area contributed by atoms with Gasteiger partial charge in [-0.05, 0) is 19.1 Å². The number of benzene rings is 1. The van der Waals surface area contributed by atoms with Gasteiger partial charge in [-0.3, -0.25) is 4.79 Å². The van der Waals surface area contributed by atoms with E-state index in [0.29, 0.717) is 5.69 Å². The van der Waals surface area contributed by atoms with Crippen molar-refractivity contribution in [2.75, 3.05) is 11.9 Å². The average Bonchev–Trinajstić information content (AvgIpc) is 2.70. The highest BCUT2D eigenvalue weighted by molar-refractivity contribution is 6.03. The minimum atomic E-state index is -1.02. The van der Waals surface area contributed by atoms with Crippen LogP contribution in [0.25, 0.3) is 11.0 Å². The highest BCUT2D eigenvalue weighted by atomic mass is 16.3. The molecule has 0 spiro atoms. The number of rotatable bonds is 2. The van der Waals surface area contributed by atoms with Crippen LogP contribution in [0.15, 0.2) is 34.9 Å². The molecule has 4 nitrogen and oxygen atoms in total. The van der Waals surface area contributed by atoms with Crippen molar-refractivity contribution in [3.05, 3.63) is 30.5 Å². The second kappa shape index (κ2) is 3.98. The molecule has 84 valence electrons. The van der Waals surface area contributed by atoms with Gasteiger partial charge in [-0.25, -0.2) is 0 Å². The molecular formula is C12H13NO3. The van der Waals surface area contributed by atoms with Gasteiger partial charge in [0, 0.05) is 12.4 Å². The second-order valence-corrected chi connectivity index (χ2v) is 3.69. The highest BCUT2D eigenvalue weighted by Gasteiger charge is 2.19. The number of para-hydroxylation sites is 1. The quantitative estimate of drug-likeness (QED) is 0.837. The van der Waals surface area contributed by atoms with Crippen molar-refractivity contribution in [1.29, 1.82) is 0 Å². The zero-order valence-electron chi connectivity index (χ0n) is 9.18. The minimum Gasteiger partial charge on any atom is -0.462 e. The molecule has 1 N–H and O–H groups in total. The SMILES string of the molecule is CC(O)C(=O)N(C)c1coc2ccccc12. The molecule has 0 saturated heterocycles. The molecule has 0 saturated carbocycles. The number of furan rings is 1. The molecule has 1 heterocycles. The Morgan fingerprint density at radius 3 is 2.81 bits per heavy atom. The zero-order chi connectivity index (χ0) is 11.7. The summed E-state index contributed by atoms with van der Waals surface area (Å²) in [6.07, 6.45) is 0.504. The van der Waals surface area contributed by atoms with Crippen molar-refractivity contribution in [2.45, 2.75) is 13.0 Å². The molecule has 0 radical (unpaired) electrons. The smallest absolute Gasteiger partial charge is 0.255 e. The van der Waals surface area contributed by atoms with Gasteiger partial charge in [-0.1, -0.05) is 12.1 Å². The van der Waals surface area contributed by atoms with E-state index in [0.717, 1.165) is 11.0 Å². The number of anilines is 1. The van der Waals surface area contributed by atoms with Gasteiger partial charge in [0.25, 0.3) is 5.91 Å². The van der Waals surface area contributed by atoms with Crippen LogP contribution in [0, 0.1) is 0 Å². The Hall–Kier alpha value is -1.81. The van der Waals surface area contributed by atoms with Crippen LogP contribution in [-0.4, -0.2) is 24.2 Å². The number of carbonyl (C=O) groups excluding carboxylic acids is 1. The van der Waals surface area contributed by atoms with Crippen molar-refractivity contribution in [3.63, 3.8) is 0 Å². The maximum atomic E-state index is 11.6. The molecule has 0 aliphatic heterocycles. The van der Waals surface area contributed by atoms with E-state index in [1.807, 2.05) is 24.3 Å². The van der Waals surface area contributed by atoms with Gasteiger partial charge in [0.15, 0.2) is 0 Å². The number of carbonyl (C=O) groups is 1. The minimum absolute atomic E-state index is 0.355. The van der Waals surface area contributed by atoms with E-state index < -0.39 is 6.10 Å². The van der Waals surface area contributed by atoms with Gasteiger partial charge in [-0.2, -0.15) is 0 Å². The lowest BCUT2D eigenvalue weighted by atomic mass is 10.2. The third-order valence-electron chi connectivity index (χ3n) is 2.51. The lowest BCUT2D eigenvalue weighted by molar-refractivity contribution is -0.125. The monoisotopic (exact) mass is 219 g/mol. The zero-order valence-corrected chi connectivity index (χ0v) is 9.18. The maximum absolute atomic E-state index is 11.6. The van der Waals surface area contributed by atoms with Crippen LogP contribution in [0.2, 0.25) is 0 Å². The Morgan fingerprint density at radius 1 is 1.44 bits per heavy atom. The van der Waals surface area contributed by atoms with Gasteiger partial charge in [0.2, 0.25) is 0 Å². The van der Waals surface area contributed by atoms with E-state index in [9.17, 15) is 9.90 Å². The third-order valence-corrected chi connectivity index (χ3v) is 2.51. The first kappa shape index (κ1) is 10.7. The van der Waals surface area contributed by atoms with E-state index in [1.54, 1.807) is 7.05 Å². The van der Waals surface area contributed by atoms with E-state index in [4.69, 9.17) is 4.42 Å². The molecule has 0 bridgehead atoms. The van der Waals surface area contributed by atoms with Gasteiger partial charge in [0.05, 0.1) is 5.69 Å². The Labute approximate surface area is 93.1 Å². The third kappa shape index (κ3) is 1.67. The molecule has 4 heteroatoms. The lowest BCUT2D eigenvalue weighted by Crippen LogP contribution is -2.34. The lowest BCUT2D eigenvalue weighted by Gasteiger charge is -2.17. The first-order valence-electron chi connectivity index (χ1n) is 5.03. The molecule has 0 aliphatic carbocycles. The highest BCUT2D eigenvalue weighted by Crippen LogP contribution is 2.28. The Balaban J connectivity index is 2.44. The van der Waals surface area contributed by atoms with Crippen LogP contribution in [0.4, 0.5) is 5.69 Å². The molecule has 1 unspecified atom stereocenters. The number of likely N-dealkylation sites (N-methyl/N-ethyl adjacent to an activating group) is 1. The molecule has 16 heavy (non-hydrogen) atoms. The van der Waals surface area contributed by atoms with Crippen LogP contribution in [0.1, 0.15) is 6.92 Å². The molecule has 1 amide bonds. The predicted octanol–water partition coefficient (Wildman–Crippen LogP) is 1.78. The van der Waals surface area contributed by atoms with Crippen LogP contribution in [0.5, 0.6) is 0 Å². The summed E-state index contributed by atoms with van der Waals surface area (Å²) in [6.45, 7) is 1.45. The van der Waals surface area contributed by atoms with E-state index in [-0.39, 0.29) is 5.91 Å². The average molecular weight is 219 g/mol. The van der Waals surface area contributed by atoms with Crippen LogP contribution in [-0.2, 0) is 4.79 Å². The van der Waals surface area contributed by atoms with Gasteiger partial charge in [-0.15, -0.1) is 0 Å². The number of aliphatic hydroxyl groups is 1. The summed E-state index contributed by atoms with van der Waals surface area (Å²) in [5.74, 6) is -0.355. The number of aliphatic hydroxyl groups excluding tert-OH is 1. The number of nitrogens with zero attached hydrogens (tertiary/aromatic N) is 1. The first-order valence-corrected chi connectivity index (χ1v) is 5.03. The van der Waals surface area contributed by atoms with Gasteiger partial charge >= 0.3 is 0 Å². The molecular weight excluding hydrogens is 206 g/mol. The fourth-order valence-corrected chi connectivity index (χ4v) is 1.62. The first-order chi connectivity index (χ1) is 7.61. The largest absolute Gasteiger partial charge is 0.462 e. The summed E-state index contributed by atoms with van der Waals surface area (Å²) >= 11 is 0.